The summed E-state index contributed by atoms with van der Waals surface area (Å²) < 4.78 is 34.2. The van der Waals surface area contributed by atoms with E-state index < -0.39 is 0 Å². The van der Waals surface area contributed by atoms with Gasteiger partial charge in [-0.1, -0.05) is 151 Å². The monoisotopic (exact) mass is 1610 g/mol. The molecular formula is C110H97N9O4+4. The molecule has 0 fully saturated rings. The van der Waals surface area contributed by atoms with E-state index in [2.05, 4.69) is 266 Å². The Bertz CT molecular complexity index is 7970. The molecule has 123 heavy (non-hydrogen) atoms. The summed E-state index contributed by atoms with van der Waals surface area (Å²) in [7, 11) is 8.27. The fraction of sp³-hybridized carbons (Fsp3) is 0.209. The molecule has 602 valence electrons. The van der Waals surface area contributed by atoms with E-state index in [4.69, 9.17) is 30.8 Å². The Morgan fingerprint density at radius 1 is 0.358 bits per heavy atom. The number of nitriles is 2. The first kappa shape index (κ1) is 80.8. The number of hydrogen-bond donors (Lipinski definition) is 0. The fourth-order valence-electron chi connectivity index (χ4n) is 18.5. The third-order valence-electron chi connectivity index (χ3n) is 24.7. The van der Waals surface area contributed by atoms with Crippen molar-refractivity contribution in [1.29, 1.82) is 10.5 Å². The normalized spacial score (nSPS) is 11.6. The average Bonchev–Trinajstić information content (AvgIpc) is 1.64. The van der Waals surface area contributed by atoms with Crippen LogP contribution in [0.15, 0.2) is 243 Å². The second kappa shape index (κ2) is 32.5. The summed E-state index contributed by atoms with van der Waals surface area (Å²) in [6, 6.07) is 73.6. The minimum Gasteiger partial charge on any atom is -0.466 e. The molecule has 0 amide bonds. The number of nitrogens with zero attached hydrogens (tertiary/aromatic N) is 9. The van der Waals surface area contributed by atoms with Gasteiger partial charge in [0, 0.05) is 61.3 Å². The van der Waals surface area contributed by atoms with Crippen LogP contribution < -0.4 is 18.3 Å². The maximum atomic E-state index is 10.0. The third-order valence-corrected chi connectivity index (χ3v) is 24.7. The number of benzene rings is 12. The van der Waals surface area contributed by atoms with Crippen LogP contribution in [0.2, 0.25) is 0 Å². The van der Waals surface area contributed by atoms with Crippen LogP contribution in [0.1, 0.15) is 108 Å². The Morgan fingerprint density at radius 3 is 1.39 bits per heavy atom. The van der Waals surface area contributed by atoms with Gasteiger partial charge in [-0.15, -0.1) is 0 Å². The lowest BCUT2D eigenvalue weighted by Gasteiger charge is -2.13. The van der Waals surface area contributed by atoms with Crippen LogP contribution >= 0.6 is 0 Å². The van der Waals surface area contributed by atoms with Gasteiger partial charge in [0.25, 0.3) is 6.33 Å². The van der Waals surface area contributed by atoms with Crippen molar-refractivity contribution in [3.05, 3.63) is 315 Å². The number of pyridine rings is 3. The molecule has 13 nitrogen and oxygen atoms in total. The van der Waals surface area contributed by atoms with Gasteiger partial charge in [-0.3, -0.25) is 0 Å². The van der Waals surface area contributed by atoms with Gasteiger partial charge in [-0.25, -0.2) is 28.0 Å². The maximum absolute atomic E-state index is 10.0. The highest BCUT2D eigenvalue weighted by atomic mass is 16.3. The highest BCUT2D eigenvalue weighted by Crippen LogP contribution is 2.48. The SMILES string of the molecule is Cc1c(C)c(C#N)c2c(oc3ccccc32)c1-c1c2ccc(CC(C)C)cc2cc[n+]1C.Cc1cc2c(oc3cccc(C#N)c32)c(-c2c3ccc(CC(C)C)cc3cc[n+]2C)c1C.[C-]#[N+]c1ccc2oc3c(-c4c5ccc(CC(C)C)cc5cc[n+]4C)c(C)c(C)cc3c2c1.[C-]#[N+]c1cccc2c1oc1c(-c3c4ccccc4nc[n+]3C)c(C)ccc12. The molecule has 0 aliphatic carbocycles. The summed E-state index contributed by atoms with van der Waals surface area (Å²) in [6.07, 6.45) is 11.4. The molecule has 20 aromatic rings. The van der Waals surface area contributed by atoms with E-state index in [1.165, 1.54) is 71.3 Å². The van der Waals surface area contributed by atoms with E-state index in [9.17, 15) is 10.5 Å². The molecule has 8 aromatic heterocycles. The van der Waals surface area contributed by atoms with Crippen molar-refractivity contribution in [1.82, 2.24) is 4.98 Å². The van der Waals surface area contributed by atoms with Crippen molar-refractivity contribution in [2.24, 2.45) is 45.9 Å². The number of fused-ring (bicyclic) bond motifs is 16. The van der Waals surface area contributed by atoms with Crippen LogP contribution in [-0.2, 0) is 47.5 Å². The van der Waals surface area contributed by atoms with Gasteiger partial charge in [0.2, 0.25) is 22.8 Å². The van der Waals surface area contributed by atoms with Crippen molar-refractivity contribution in [3.8, 4) is 57.2 Å². The molecule has 0 unspecified atom stereocenters. The summed E-state index contributed by atoms with van der Waals surface area (Å²) in [6.45, 7) is 43.3. The van der Waals surface area contributed by atoms with Crippen molar-refractivity contribution < 1.29 is 35.9 Å². The third kappa shape index (κ3) is 14.3. The smallest absolute Gasteiger partial charge is 0.287 e. The maximum Gasteiger partial charge on any atom is 0.287 e. The lowest BCUT2D eigenvalue weighted by Crippen LogP contribution is -2.31. The molecule has 8 heterocycles. The zero-order valence-corrected chi connectivity index (χ0v) is 72.9. The predicted molar refractivity (Wildman–Crippen MR) is 500 cm³/mol. The lowest BCUT2D eigenvalue weighted by atomic mass is 9.89. The van der Waals surface area contributed by atoms with Crippen molar-refractivity contribution >= 4 is 142 Å². The summed E-state index contributed by atoms with van der Waals surface area (Å²) in [5.41, 5.74) is 30.8. The first-order valence-electron chi connectivity index (χ1n) is 42.2. The van der Waals surface area contributed by atoms with Crippen molar-refractivity contribution in [2.75, 3.05) is 0 Å². The molecule has 0 atom stereocenters. The zero-order valence-electron chi connectivity index (χ0n) is 72.9. The number of para-hydroxylation sites is 3. The summed E-state index contributed by atoms with van der Waals surface area (Å²) >= 11 is 0. The van der Waals surface area contributed by atoms with Crippen LogP contribution in [0, 0.1) is 102 Å². The van der Waals surface area contributed by atoms with Crippen LogP contribution in [-0.4, -0.2) is 4.98 Å². The molecule has 0 aliphatic rings. The van der Waals surface area contributed by atoms with E-state index in [1.807, 2.05) is 116 Å². The van der Waals surface area contributed by atoms with Gasteiger partial charge in [-0.2, -0.15) is 10.5 Å². The van der Waals surface area contributed by atoms with Gasteiger partial charge >= 0.3 is 0 Å². The van der Waals surface area contributed by atoms with Crippen LogP contribution in [0.25, 0.3) is 186 Å². The molecule has 0 saturated heterocycles. The lowest BCUT2D eigenvalue weighted by molar-refractivity contribution is -0.662. The molecule has 0 spiro atoms. The highest BCUT2D eigenvalue weighted by molar-refractivity contribution is 6.18. The standard InChI is InChI=1S/3C29H27N2O.C23H16N3O/c1-17(2)13-20-7-9-23-21(15-20)11-12-31(6)28(23)27-19(4)18(3)14-25-24-16-22(30-5)8-10-26(24)32-29(25)27;1-17(2)13-20-9-10-23-21(15-20)11-12-31(5)28(23)26-19(4)18(3)14-24-27-22(16-30)7-6-8-25(27)32-29(24)26;1-17(2)14-20-10-11-22-21(15-20)12-13-31(5)28(22)26-19(4)18(3)24(16-30)27-23-8-6-7-9-25(23)32-29(26)27;1-14-11-12-16-15-8-6-10-19(24-2)22(15)27-23(16)20(14)21-17-7-4-5-9-18(17)25-13-26(21)3/h7-12,14-17H,13H2,1-4,6H3;6-12,14-15,17H,13H2,1-5H3;6-13,15,17H,14H2,1-5H3;4-13H,1,3H3/q4*+1. The Kier molecular flexibility index (Phi) is 21.3. The first-order valence-corrected chi connectivity index (χ1v) is 42.2. The van der Waals surface area contributed by atoms with Crippen LogP contribution in [0.3, 0.4) is 0 Å². The second-order valence-corrected chi connectivity index (χ2v) is 34.4. The minimum absolute atomic E-state index is 0.538. The molecule has 20 rings (SSSR count). The molecule has 0 aliphatic heterocycles. The van der Waals surface area contributed by atoms with Crippen LogP contribution in [0.4, 0.5) is 11.4 Å². The van der Waals surface area contributed by atoms with E-state index >= 15 is 0 Å². The Balaban J connectivity index is 0.000000117. The molecule has 0 N–H and O–H groups in total. The number of aryl methyl sites for hydroxylation is 7. The quantitative estimate of drug-likeness (QED) is 0.0982. The zero-order chi connectivity index (χ0) is 86.2. The summed E-state index contributed by atoms with van der Waals surface area (Å²) in [4.78, 5) is 11.8. The fourth-order valence-corrected chi connectivity index (χ4v) is 18.5. The number of aromatic nitrogens is 5. The van der Waals surface area contributed by atoms with Gasteiger partial charge in [0.1, 0.15) is 72.0 Å². The Hall–Kier alpha value is -14.6. The van der Waals surface area contributed by atoms with E-state index in [-0.39, 0.29) is 0 Å². The minimum atomic E-state index is 0.538. The van der Waals surface area contributed by atoms with Gasteiger partial charge in [-0.05, 0) is 235 Å². The largest absolute Gasteiger partial charge is 0.466 e. The van der Waals surface area contributed by atoms with Gasteiger partial charge < -0.3 is 17.7 Å². The molecule has 0 radical (unpaired) electrons. The highest BCUT2D eigenvalue weighted by Gasteiger charge is 2.32. The predicted octanol–water partition coefficient (Wildman–Crippen LogP) is 26.9. The number of hydrogen-bond acceptors (Lipinski definition) is 7. The number of furan rings is 4. The molecule has 13 heteroatoms. The van der Waals surface area contributed by atoms with E-state index in [0.29, 0.717) is 45.8 Å². The molecule has 12 aromatic carbocycles. The topological polar surface area (TPSA) is 137 Å². The summed E-state index contributed by atoms with van der Waals surface area (Å²) in [5.74, 6) is 1.86. The van der Waals surface area contributed by atoms with E-state index in [0.717, 1.165) is 174 Å². The Labute approximate surface area is 716 Å². The summed E-state index contributed by atoms with van der Waals surface area (Å²) in [5, 5.41) is 36.0. The van der Waals surface area contributed by atoms with Gasteiger partial charge in [0.05, 0.1) is 81.2 Å². The van der Waals surface area contributed by atoms with E-state index in [1.54, 1.807) is 6.07 Å². The first-order chi connectivity index (χ1) is 59.3. The average molecular weight is 1610 g/mol. The molecular weight excluding hydrogens is 1510 g/mol. The van der Waals surface area contributed by atoms with Crippen LogP contribution in [0.5, 0.6) is 0 Å². The number of rotatable bonds is 10. The van der Waals surface area contributed by atoms with Crippen molar-refractivity contribution in [3.63, 3.8) is 0 Å². The molecule has 0 saturated carbocycles. The van der Waals surface area contributed by atoms with Crippen molar-refractivity contribution in [2.45, 2.75) is 109 Å². The Morgan fingerprint density at radius 2 is 0.829 bits per heavy atom. The van der Waals surface area contributed by atoms with Gasteiger partial charge in [0.15, 0.2) is 35.4 Å². The second-order valence-electron chi connectivity index (χ2n) is 34.4. The molecule has 0 bridgehead atoms.